The molecule has 104 valence electrons. The maximum Gasteiger partial charge on any atom is 0.133 e. The Bertz CT molecular complexity index is 641. The molecule has 3 nitrogen and oxygen atoms in total. The van der Waals surface area contributed by atoms with E-state index in [2.05, 4.69) is 20.9 Å². The maximum atomic E-state index is 5.86. The van der Waals surface area contributed by atoms with Gasteiger partial charge >= 0.3 is 0 Å². The first kappa shape index (κ1) is 14.9. The van der Waals surface area contributed by atoms with Crippen LogP contribution >= 0.6 is 28.1 Å². The minimum Gasteiger partial charge on any atom is -0.488 e. The monoisotopic (exact) mass is 350 g/mol. The molecule has 0 fully saturated rings. The Labute approximate surface area is 132 Å². The van der Waals surface area contributed by atoms with Gasteiger partial charge in [-0.25, -0.2) is 0 Å². The highest BCUT2D eigenvalue weighted by molar-refractivity contribution is 9.10. The summed E-state index contributed by atoms with van der Waals surface area (Å²) in [5, 5.41) is 0. The first-order valence-electron chi connectivity index (χ1n) is 6.12. The molecule has 1 aromatic heterocycles. The second-order valence-electron chi connectivity index (χ2n) is 4.50. The highest BCUT2D eigenvalue weighted by Gasteiger charge is 2.12. The number of nitrogens with zero attached hydrogens (tertiary/aromatic N) is 1. The van der Waals surface area contributed by atoms with Crippen molar-refractivity contribution in [2.24, 2.45) is 5.73 Å². The van der Waals surface area contributed by atoms with Crippen LogP contribution < -0.4 is 10.5 Å². The molecule has 0 aliphatic carbocycles. The predicted octanol–water partition coefficient (Wildman–Crippen LogP) is 3.67. The number of thiocarbonyl (C=S) groups is 1. The van der Waals surface area contributed by atoms with E-state index < -0.39 is 0 Å². The SMILES string of the molecule is Cc1cc(OCc2ccc(Br)cc2)c(C(N)=S)c(C)n1. The van der Waals surface area contributed by atoms with E-state index in [1.54, 1.807) is 0 Å². The summed E-state index contributed by atoms with van der Waals surface area (Å²) in [7, 11) is 0. The second kappa shape index (κ2) is 6.33. The number of nitrogens with two attached hydrogens (primary N) is 1. The molecule has 0 aliphatic rings. The summed E-state index contributed by atoms with van der Waals surface area (Å²) in [6.45, 7) is 4.27. The Morgan fingerprint density at radius 1 is 1.30 bits per heavy atom. The zero-order chi connectivity index (χ0) is 14.7. The molecule has 0 spiro atoms. The van der Waals surface area contributed by atoms with E-state index in [0.717, 1.165) is 21.4 Å². The minimum atomic E-state index is 0.306. The lowest BCUT2D eigenvalue weighted by atomic mass is 10.1. The number of rotatable bonds is 4. The van der Waals surface area contributed by atoms with Crippen molar-refractivity contribution in [1.29, 1.82) is 0 Å². The third kappa shape index (κ3) is 3.55. The number of hydrogen-bond donors (Lipinski definition) is 1. The zero-order valence-corrected chi connectivity index (χ0v) is 13.7. The highest BCUT2D eigenvalue weighted by atomic mass is 79.9. The summed E-state index contributed by atoms with van der Waals surface area (Å²) >= 11 is 8.49. The largest absolute Gasteiger partial charge is 0.488 e. The van der Waals surface area contributed by atoms with Crippen LogP contribution in [0.15, 0.2) is 34.8 Å². The number of hydrogen-bond acceptors (Lipinski definition) is 3. The Balaban J connectivity index is 2.24. The van der Waals surface area contributed by atoms with E-state index in [4.69, 9.17) is 22.7 Å². The summed E-state index contributed by atoms with van der Waals surface area (Å²) in [6, 6.07) is 9.84. The molecule has 2 N–H and O–H groups in total. The van der Waals surface area contributed by atoms with Crippen molar-refractivity contribution in [3.05, 3.63) is 57.3 Å². The average molecular weight is 351 g/mol. The smallest absolute Gasteiger partial charge is 0.133 e. The molecule has 0 saturated heterocycles. The summed E-state index contributed by atoms with van der Waals surface area (Å²) < 4.78 is 6.91. The van der Waals surface area contributed by atoms with Crippen LogP contribution in [0.5, 0.6) is 5.75 Å². The molecule has 0 radical (unpaired) electrons. The molecule has 0 amide bonds. The Morgan fingerprint density at radius 2 is 1.95 bits per heavy atom. The van der Waals surface area contributed by atoms with Gasteiger partial charge < -0.3 is 10.5 Å². The van der Waals surface area contributed by atoms with E-state index >= 15 is 0 Å². The van der Waals surface area contributed by atoms with Crippen LogP contribution in [0.4, 0.5) is 0 Å². The lowest BCUT2D eigenvalue weighted by Gasteiger charge is -2.13. The van der Waals surface area contributed by atoms with Gasteiger partial charge in [-0.1, -0.05) is 40.3 Å². The van der Waals surface area contributed by atoms with E-state index in [0.29, 0.717) is 22.9 Å². The van der Waals surface area contributed by atoms with Crippen LogP contribution in [0.2, 0.25) is 0 Å². The van der Waals surface area contributed by atoms with Gasteiger partial charge in [0, 0.05) is 16.2 Å². The van der Waals surface area contributed by atoms with E-state index in [1.165, 1.54) is 0 Å². The first-order chi connectivity index (χ1) is 9.47. The van der Waals surface area contributed by atoms with Gasteiger partial charge in [0.1, 0.15) is 17.3 Å². The molecule has 1 heterocycles. The highest BCUT2D eigenvalue weighted by Crippen LogP contribution is 2.23. The topological polar surface area (TPSA) is 48.1 Å². The maximum absolute atomic E-state index is 5.86. The number of aryl methyl sites for hydroxylation is 2. The quantitative estimate of drug-likeness (QED) is 0.854. The van der Waals surface area contributed by atoms with Crippen LogP contribution in [0, 0.1) is 13.8 Å². The third-order valence-electron chi connectivity index (χ3n) is 2.85. The summed E-state index contributed by atoms with van der Waals surface area (Å²) in [6.07, 6.45) is 0. The molecule has 5 heteroatoms. The Hall–Kier alpha value is -1.46. The van der Waals surface area contributed by atoms with Gasteiger partial charge in [0.05, 0.1) is 11.3 Å². The van der Waals surface area contributed by atoms with Crippen LogP contribution in [0.1, 0.15) is 22.5 Å². The lowest BCUT2D eigenvalue weighted by molar-refractivity contribution is 0.305. The van der Waals surface area contributed by atoms with Crippen LogP contribution in [-0.2, 0) is 6.61 Å². The number of ether oxygens (including phenoxy) is 1. The van der Waals surface area contributed by atoms with Gasteiger partial charge in [-0.3, -0.25) is 4.98 Å². The van der Waals surface area contributed by atoms with Crippen molar-refractivity contribution in [2.45, 2.75) is 20.5 Å². The van der Waals surface area contributed by atoms with E-state index in [-0.39, 0.29) is 0 Å². The van der Waals surface area contributed by atoms with Gasteiger partial charge in [0.25, 0.3) is 0 Å². The molecule has 2 aromatic rings. The van der Waals surface area contributed by atoms with Gasteiger partial charge in [-0.15, -0.1) is 0 Å². The van der Waals surface area contributed by atoms with Gasteiger partial charge in [0.2, 0.25) is 0 Å². The Kier molecular flexibility index (Phi) is 4.73. The van der Waals surface area contributed by atoms with E-state index in [1.807, 2.05) is 44.2 Å². The standard InChI is InChI=1S/C15H15BrN2OS/c1-9-7-13(14(15(17)20)10(2)18-9)19-8-11-3-5-12(16)6-4-11/h3-7H,8H2,1-2H3,(H2,17,20). The number of pyridine rings is 1. The molecular formula is C15H15BrN2OS. The zero-order valence-electron chi connectivity index (χ0n) is 11.3. The molecule has 1 aromatic carbocycles. The van der Waals surface area contributed by atoms with Crippen LogP contribution in [0.3, 0.4) is 0 Å². The van der Waals surface area contributed by atoms with Gasteiger partial charge in [-0.05, 0) is 31.5 Å². The number of benzene rings is 1. The van der Waals surface area contributed by atoms with Crippen molar-refractivity contribution < 1.29 is 4.74 Å². The fourth-order valence-electron chi connectivity index (χ4n) is 1.95. The molecule has 20 heavy (non-hydrogen) atoms. The number of aromatic nitrogens is 1. The van der Waals surface area contributed by atoms with Crippen molar-refractivity contribution >= 4 is 33.1 Å². The molecular weight excluding hydrogens is 336 g/mol. The van der Waals surface area contributed by atoms with Crippen LogP contribution in [0.25, 0.3) is 0 Å². The predicted molar refractivity (Wildman–Crippen MR) is 88.1 cm³/mol. The second-order valence-corrected chi connectivity index (χ2v) is 5.86. The third-order valence-corrected chi connectivity index (χ3v) is 3.58. The average Bonchev–Trinajstić information content (AvgIpc) is 2.36. The van der Waals surface area contributed by atoms with Gasteiger partial charge in [-0.2, -0.15) is 0 Å². The molecule has 2 rings (SSSR count). The van der Waals surface area contributed by atoms with E-state index in [9.17, 15) is 0 Å². The van der Waals surface area contributed by atoms with Crippen LogP contribution in [-0.4, -0.2) is 9.97 Å². The minimum absolute atomic E-state index is 0.306. The summed E-state index contributed by atoms with van der Waals surface area (Å²) in [4.78, 5) is 4.67. The first-order valence-corrected chi connectivity index (χ1v) is 7.33. The Morgan fingerprint density at radius 3 is 2.55 bits per heavy atom. The van der Waals surface area contributed by atoms with Crippen molar-refractivity contribution in [2.75, 3.05) is 0 Å². The molecule has 0 atom stereocenters. The van der Waals surface area contributed by atoms with Crippen molar-refractivity contribution in [3.8, 4) is 5.75 Å². The fraction of sp³-hybridized carbons (Fsp3) is 0.200. The fourth-order valence-corrected chi connectivity index (χ4v) is 2.46. The lowest BCUT2D eigenvalue weighted by Crippen LogP contribution is -2.15. The summed E-state index contributed by atoms with van der Waals surface area (Å²) in [5.41, 5.74) is 9.23. The van der Waals surface area contributed by atoms with Crippen molar-refractivity contribution in [3.63, 3.8) is 0 Å². The normalized spacial score (nSPS) is 10.3. The van der Waals surface area contributed by atoms with Crippen molar-refractivity contribution in [1.82, 2.24) is 4.98 Å². The van der Waals surface area contributed by atoms with Gasteiger partial charge in [0.15, 0.2) is 0 Å². The molecule has 0 unspecified atom stereocenters. The summed E-state index contributed by atoms with van der Waals surface area (Å²) in [5.74, 6) is 0.686. The molecule has 0 bridgehead atoms. The molecule has 0 aliphatic heterocycles. The molecule has 0 saturated carbocycles. The number of halogens is 1.